The average Bonchev–Trinajstić information content (AvgIpc) is 3.33. The van der Waals surface area contributed by atoms with Crippen molar-refractivity contribution in [2.75, 3.05) is 26.7 Å². The van der Waals surface area contributed by atoms with Crippen molar-refractivity contribution in [1.29, 1.82) is 0 Å². The summed E-state index contributed by atoms with van der Waals surface area (Å²) in [5, 5.41) is 11.6. The molecule has 2 N–H and O–H groups in total. The number of hydrogen-bond donors (Lipinski definition) is 2. The fourth-order valence-electron chi connectivity index (χ4n) is 3.59. The number of nitrogens with zero attached hydrogens (tertiary/aromatic N) is 4. The maximum absolute atomic E-state index is 5.22. The molecule has 1 aromatic heterocycles. The zero-order valence-corrected chi connectivity index (χ0v) is 21.0. The molecule has 0 aliphatic carbocycles. The molecule has 1 saturated heterocycles. The zero-order chi connectivity index (χ0) is 20.8. The van der Waals surface area contributed by atoms with Crippen LogP contribution in [0.15, 0.2) is 41.5 Å². The van der Waals surface area contributed by atoms with E-state index in [1.165, 1.54) is 0 Å². The van der Waals surface area contributed by atoms with Crippen LogP contribution in [0.3, 0.4) is 0 Å². The minimum Gasteiger partial charge on any atom is -0.497 e. The van der Waals surface area contributed by atoms with Crippen LogP contribution in [0.1, 0.15) is 33.4 Å². The van der Waals surface area contributed by atoms with E-state index in [1.807, 2.05) is 41.2 Å². The van der Waals surface area contributed by atoms with Gasteiger partial charge in [0.05, 0.1) is 25.0 Å². The number of hydrogen-bond acceptors (Lipinski definition) is 4. The Kier molecular flexibility index (Phi) is 9.41. The van der Waals surface area contributed by atoms with Gasteiger partial charge in [-0.3, -0.25) is 4.90 Å². The third-order valence-corrected chi connectivity index (χ3v) is 5.42. The van der Waals surface area contributed by atoms with E-state index in [0.717, 1.165) is 42.7 Å². The number of aliphatic imine (C=N–C) groups is 1. The van der Waals surface area contributed by atoms with E-state index in [9.17, 15) is 0 Å². The second-order valence-corrected chi connectivity index (χ2v) is 7.92. The second kappa shape index (κ2) is 11.5. The molecule has 30 heavy (non-hydrogen) atoms. The van der Waals surface area contributed by atoms with E-state index in [4.69, 9.17) is 9.73 Å². The predicted octanol–water partition coefficient (Wildman–Crippen LogP) is 3.28. The van der Waals surface area contributed by atoms with Gasteiger partial charge in [-0.05, 0) is 57.0 Å². The van der Waals surface area contributed by atoms with Crippen LogP contribution in [0.25, 0.3) is 5.69 Å². The smallest absolute Gasteiger partial charge is 0.191 e. The second-order valence-electron chi connectivity index (χ2n) is 7.92. The summed E-state index contributed by atoms with van der Waals surface area (Å²) in [5.41, 5.74) is 1.93. The van der Waals surface area contributed by atoms with Crippen LogP contribution in [-0.2, 0) is 6.54 Å². The molecule has 1 aromatic carbocycles. The largest absolute Gasteiger partial charge is 0.497 e. The summed E-state index contributed by atoms with van der Waals surface area (Å²) in [6, 6.07) is 10.9. The lowest BCUT2D eigenvalue weighted by atomic mass is 10.1. The summed E-state index contributed by atoms with van der Waals surface area (Å²) in [6.45, 7) is 12.5. The first-order valence-corrected chi connectivity index (χ1v) is 10.5. The van der Waals surface area contributed by atoms with Gasteiger partial charge in [-0.15, -0.1) is 24.0 Å². The summed E-state index contributed by atoms with van der Waals surface area (Å²) in [7, 11) is 1.67. The van der Waals surface area contributed by atoms with Crippen molar-refractivity contribution < 1.29 is 4.74 Å². The highest BCUT2D eigenvalue weighted by molar-refractivity contribution is 14.0. The lowest BCUT2D eigenvalue weighted by Crippen LogP contribution is -2.46. The third kappa shape index (κ3) is 6.34. The van der Waals surface area contributed by atoms with Crippen molar-refractivity contribution >= 4 is 29.9 Å². The van der Waals surface area contributed by atoms with Gasteiger partial charge in [0.15, 0.2) is 5.96 Å². The quantitative estimate of drug-likeness (QED) is 0.330. The van der Waals surface area contributed by atoms with Gasteiger partial charge in [-0.25, -0.2) is 9.67 Å². The van der Waals surface area contributed by atoms with Gasteiger partial charge >= 0.3 is 0 Å². The minimum absolute atomic E-state index is 0. The summed E-state index contributed by atoms with van der Waals surface area (Å²) < 4.78 is 7.08. The van der Waals surface area contributed by atoms with Gasteiger partial charge < -0.3 is 15.4 Å². The Labute approximate surface area is 197 Å². The minimum atomic E-state index is 0. The highest BCUT2D eigenvalue weighted by Crippen LogP contribution is 2.19. The normalized spacial score (nSPS) is 19.6. The first kappa shape index (κ1) is 24.5. The van der Waals surface area contributed by atoms with E-state index < -0.39 is 0 Å². The van der Waals surface area contributed by atoms with Crippen LogP contribution in [0.2, 0.25) is 0 Å². The van der Waals surface area contributed by atoms with Crippen molar-refractivity contribution in [1.82, 2.24) is 25.3 Å². The van der Waals surface area contributed by atoms with Gasteiger partial charge in [0.25, 0.3) is 0 Å². The van der Waals surface area contributed by atoms with Gasteiger partial charge in [-0.1, -0.05) is 6.92 Å². The molecule has 0 saturated carbocycles. The molecule has 7 nitrogen and oxygen atoms in total. The van der Waals surface area contributed by atoms with E-state index in [0.29, 0.717) is 24.5 Å². The third-order valence-electron chi connectivity index (χ3n) is 5.42. The molecule has 0 bridgehead atoms. The number of nitrogens with one attached hydrogen (secondary N) is 2. The molecule has 1 aliphatic heterocycles. The van der Waals surface area contributed by atoms with Crippen LogP contribution in [0, 0.1) is 5.92 Å². The Bertz CT molecular complexity index is 804. The van der Waals surface area contributed by atoms with E-state index in [-0.39, 0.29) is 24.0 Å². The Morgan fingerprint density at radius 3 is 2.57 bits per heavy atom. The van der Waals surface area contributed by atoms with Crippen LogP contribution in [0.4, 0.5) is 0 Å². The van der Waals surface area contributed by atoms with Crippen LogP contribution in [-0.4, -0.2) is 59.5 Å². The van der Waals surface area contributed by atoms with E-state index in [2.05, 4.69) is 48.3 Å². The molecule has 2 aromatic rings. The number of ether oxygens (including phenoxy) is 1. The monoisotopic (exact) mass is 526 g/mol. The first-order valence-electron chi connectivity index (χ1n) is 10.5. The topological polar surface area (TPSA) is 66.7 Å². The maximum atomic E-state index is 5.22. The Morgan fingerprint density at radius 1 is 1.23 bits per heavy atom. The molecule has 1 aliphatic rings. The van der Waals surface area contributed by atoms with Gasteiger partial charge in [0, 0.05) is 37.9 Å². The molecular weight excluding hydrogens is 491 g/mol. The molecule has 3 rings (SSSR count). The Balaban J connectivity index is 0.00000320. The van der Waals surface area contributed by atoms with E-state index in [1.54, 1.807) is 7.11 Å². The molecule has 2 heterocycles. The van der Waals surface area contributed by atoms with E-state index >= 15 is 0 Å². The molecule has 166 valence electrons. The molecule has 0 radical (unpaired) electrons. The number of likely N-dealkylation sites (tertiary alicyclic amines) is 1. The number of rotatable bonds is 7. The predicted molar refractivity (Wildman–Crippen MR) is 133 cm³/mol. The number of methoxy groups -OCH3 is 1. The summed E-state index contributed by atoms with van der Waals surface area (Å²) in [5.74, 6) is 2.29. The molecule has 0 spiro atoms. The molecular formula is C22H35IN6O. The van der Waals surface area contributed by atoms with Crippen molar-refractivity contribution in [2.45, 2.75) is 46.3 Å². The van der Waals surface area contributed by atoms with Crippen molar-refractivity contribution in [3.63, 3.8) is 0 Å². The van der Waals surface area contributed by atoms with Crippen LogP contribution >= 0.6 is 24.0 Å². The Morgan fingerprint density at radius 2 is 1.97 bits per heavy atom. The van der Waals surface area contributed by atoms with Crippen LogP contribution in [0.5, 0.6) is 5.75 Å². The highest BCUT2D eigenvalue weighted by atomic mass is 127. The SMILES string of the molecule is CCNC(=NCc1ccn(-c2ccc(OC)cc2)n1)NC1CN(C(C)C)CC1C.I. The maximum Gasteiger partial charge on any atom is 0.191 e. The van der Waals surface area contributed by atoms with Crippen molar-refractivity contribution in [3.8, 4) is 11.4 Å². The van der Waals surface area contributed by atoms with Gasteiger partial charge in [-0.2, -0.15) is 5.10 Å². The van der Waals surface area contributed by atoms with Gasteiger partial charge in [0.1, 0.15) is 5.75 Å². The van der Waals surface area contributed by atoms with Crippen molar-refractivity contribution in [2.24, 2.45) is 10.9 Å². The summed E-state index contributed by atoms with van der Waals surface area (Å²) >= 11 is 0. The summed E-state index contributed by atoms with van der Waals surface area (Å²) in [4.78, 5) is 7.28. The fourth-order valence-corrected chi connectivity index (χ4v) is 3.59. The highest BCUT2D eigenvalue weighted by Gasteiger charge is 2.31. The van der Waals surface area contributed by atoms with Crippen molar-refractivity contribution in [3.05, 3.63) is 42.2 Å². The lowest BCUT2D eigenvalue weighted by Gasteiger charge is -2.21. The molecule has 2 unspecified atom stereocenters. The first-order chi connectivity index (χ1) is 14.0. The molecule has 1 fully saturated rings. The summed E-state index contributed by atoms with van der Waals surface area (Å²) in [6.07, 6.45) is 1.96. The number of halogens is 1. The average molecular weight is 526 g/mol. The lowest BCUT2D eigenvalue weighted by molar-refractivity contribution is 0.265. The number of aromatic nitrogens is 2. The number of benzene rings is 1. The zero-order valence-electron chi connectivity index (χ0n) is 18.6. The standard InChI is InChI=1S/C22H34N6O.HI/c1-6-23-22(25-21-15-27(16(2)3)14-17(21)4)24-13-18-11-12-28(26-18)19-7-9-20(29-5)10-8-19;/h7-12,16-17,21H,6,13-15H2,1-5H3,(H2,23,24,25);1H. The molecule has 2 atom stereocenters. The van der Waals surface area contributed by atoms with Gasteiger partial charge in [0.2, 0.25) is 0 Å². The fraction of sp³-hybridized carbons (Fsp3) is 0.545. The molecule has 8 heteroatoms. The number of guanidine groups is 1. The molecule has 0 amide bonds. The van der Waals surface area contributed by atoms with Crippen LogP contribution < -0.4 is 15.4 Å². The Hall–Kier alpha value is -1.81.